The summed E-state index contributed by atoms with van der Waals surface area (Å²) in [5.41, 5.74) is 0. The zero-order valence-electron chi connectivity index (χ0n) is 13.3. The second kappa shape index (κ2) is 8.18. The van der Waals surface area contributed by atoms with Gasteiger partial charge in [0.25, 0.3) is 0 Å². The van der Waals surface area contributed by atoms with E-state index < -0.39 is 0 Å². The Kier molecular flexibility index (Phi) is 6.55. The lowest BCUT2D eigenvalue weighted by molar-refractivity contribution is -0.141. The van der Waals surface area contributed by atoms with Gasteiger partial charge >= 0.3 is 0 Å². The van der Waals surface area contributed by atoms with Crippen LogP contribution in [-0.2, 0) is 9.59 Å². The lowest BCUT2D eigenvalue weighted by Gasteiger charge is -2.26. The number of imide groups is 1. The molecular weight excluding hydrogens is 284 g/mol. The molecule has 5 heteroatoms. The molecule has 0 bridgehead atoms. The third kappa shape index (κ3) is 4.46. The first-order chi connectivity index (χ1) is 10.1. The molecule has 2 fully saturated rings. The first kappa shape index (κ1) is 16.8. The lowest BCUT2D eigenvalue weighted by atomic mass is 10.1. The van der Waals surface area contributed by atoms with Gasteiger partial charge in [0.15, 0.2) is 0 Å². The zero-order chi connectivity index (χ0) is 15.2. The molecule has 0 spiro atoms. The number of thioether (sulfide) groups is 1. The minimum absolute atomic E-state index is 0.0141. The van der Waals surface area contributed by atoms with Crippen molar-refractivity contribution in [2.75, 3.05) is 11.5 Å². The Balaban J connectivity index is 1.92. The van der Waals surface area contributed by atoms with Gasteiger partial charge in [0.05, 0.1) is 12.5 Å². The van der Waals surface area contributed by atoms with E-state index in [0.29, 0.717) is 6.42 Å². The Labute approximate surface area is 132 Å². The monoisotopic (exact) mass is 312 g/mol. The molecule has 1 heterocycles. The highest BCUT2D eigenvalue weighted by molar-refractivity contribution is 7.99. The van der Waals surface area contributed by atoms with Gasteiger partial charge in [0.1, 0.15) is 0 Å². The van der Waals surface area contributed by atoms with Crippen LogP contribution in [0.1, 0.15) is 58.8 Å². The van der Waals surface area contributed by atoms with Gasteiger partial charge in [0, 0.05) is 17.8 Å². The number of nitrogens with zero attached hydrogens (tertiary/aromatic N) is 1. The minimum Gasteiger partial charge on any atom is -0.302 e. The Hall–Kier alpha value is -0.550. The number of carbonyl (C=O) groups is 2. The summed E-state index contributed by atoms with van der Waals surface area (Å²) in [6.07, 6.45) is 7.08. The highest BCUT2D eigenvalue weighted by Crippen LogP contribution is 2.26. The fourth-order valence-electron chi connectivity index (χ4n) is 3.37. The summed E-state index contributed by atoms with van der Waals surface area (Å²) in [5, 5.41) is 3.35. The fourth-order valence-corrected chi connectivity index (χ4v) is 4.05. The molecule has 2 unspecified atom stereocenters. The number of amides is 2. The van der Waals surface area contributed by atoms with Crippen LogP contribution in [0.15, 0.2) is 0 Å². The Morgan fingerprint density at radius 3 is 2.52 bits per heavy atom. The molecule has 0 aromatic carbocycles. The van der Waals surface area contributed by atoms with E-state index >= 15 is 0 Å². The standard InChI is InChI=1S/C16H28N2O2S/c1-3-21-11-12(2)17-14-10-15(19)18(16(14)20)13-8-6-4-5-7-9-13/h12-14,17H,3-11H2,1-2H3. The van der Waals surface area contributed by atoms with Gasteiger partial charge in [-0.15, -0.1) is 0 Å². The maximum atomic E-state index is 12.6. The summed E-state index contributed by atoms with van der Waals surface area (Å²) < 4.78 is 0. The molecule has 2 atom stereocenters. The van der Waals surface area contributed by atoms with E-state index in [1.54, 1.807) is 4.90 Å². The number of rotatable bonds is 6. The summed E-state index contributed by atoms with van der Waals surface area (Å²) in [7, 11) is 0. The molecule has 1 saturated heterocycles. The topological polar surface area (TPSA) is 49.4 Å². The van der Waals surface area contributed by atoms with Gasteiger partial charge in [-0.05, 0) is 25.5 Å². The number of hydrogen-bond donors (Lipinski definition) is 1. The average Bonchev–Trinajstić information content (AvgIpc) is 2.66. The molecular formula is C16H28N2O2S. The fraction of sp³-hybridized carbons (Fsp3) is 0.875. The Morgan fingerprint density at radius 1 is 1.24 bits per heavy atom. The van der Waals surface area contributed by atoms with Crippen molar-refractivity contribution >= 4 is 23.6 Å². The maximum Gasteiger partial charge on any atom is 0.247 e. The highest BCUT2D eigenvalue weighted by Gasteiger charge is 2.42. The Morgan fingerprint density at radius 2 is 1.90 bits per heavy atom. The van der Waals surface area contributed by atoms with Gasteiger partial charge in [0.2, 0.25) is 11.8 Å². The first-order valence-electron chi connectivity index (χ1n) is 8.33. The summed E-state index contributed by atoms with van der Waals surface area (Å²) in [4.78, 5) is 26.4. The van der Waals surface area contributed by atoms with E-state index in [0.717, 1.165) is 37.2 Å². The van der Waals surface area contributed by atoms with Crippen molar-refractivity contribution in [2.24, 2.45) is 0 Å². The SMILES string of the molecule is CCSCC(C)NC1CC(=O)N(C2CCCCCC2)C1=O. The molecule has 120 valence electrons. The molecule has 1 N–H and O–H groups in total. The predicted octanol–water partition coefficient (Wildman–Crippen LogP) is 2.57. The minimum atomic E-state index is -0.298. The van der Waals surface area contributed by atoms with E-state index in [-0.39, 0.29) is 29.9 Å². The maximum absolute atomic E-state index is 12.6. The van der Waals surface area contributed by atoms with Crippen LogP contribution in [0, 0.1) is 0 Å². The van der Waals surface area contributed by atoms with Crippen LogP contribution in [-0.4, -0.2) is 46.3 Å². The second-order valence-electron chi connectivity index (χ2n) is 6.23. The smallest absolute Gasteiger partial charge is 0.247 e. The van der Waals surface area contributed by atoms with Crippen LogP contribution < -0.4 is 5.32 Å². The number of nitrogens with one attached hydrogen (secondary N) is 1. The highest BCUT2D eigenvalue weighted by atomic mass is 32.2. The van der Waals surface area contributed by atoms with E-state index in [4.69, 9.17) is 0 Å². The summed E-state index contributed by atoms with van der Waals surface area (Å²) >= 11 is 1.86. The predicted molar refractivity (Wildman–Crippen MR) is 87.3 cm³/mol. The molecule has 0 aromatic rings. The molecule has 2 aliphatic rings. The normalized spacial score (nSPS) is 26.2. The van der Waals surface area contributed by atoms with Crippen molar-refractivity contribution in [3.05, 3.63) is 0 Å². The van der Waals surface area contributed by atoms with Crippen molar-refractivity contribution in [3.63, 3.8) is 0 Å². The number of hydrogen-bond acceptors (Lipinski definition) is 4. The van der Waals surface area contributed by atoms with Crippen molar-refractivity contribution in [1.82, 2.24) is 10.2 Å². The third-order valence-corrected chi connectivity index (χ3v) is 5.57. The third-order valence-electron chi connectivity index (χ3n) is 4.43. The van der Waals surface area contributed by atoms with Crippen LogP contribution in [0.4, 0.5) is 0 Å². The van der Waals surface area contributed by atoms with Gasteiger partial charge in [-0.3, -0.25) is 14.5 Å². The van der Waals surface area contributed by atoms with Crippen LogP contribution in [0.3, 0.4) is 0 Å². The second-order valence-corrected chi connectivity index (χ2v) is 7.55. The summed E-state index contributed by atoms with van der Waals surface area (Å²) in [5.74, 6) is 2.11. The largest absolute Gasteiger partial charge is 0.302 e. The van der Waals surface area contributed by atoms with Crippen molar-refractivity contribution in [2.45, 2.75) is 76.9 Å². The molecule has 1 saturated carbocycles. The van der Waals surface area contributed by atoms with Gasteiger partial charge in [-0.1, -0.05) is 32.6 Å². The molecule has 2 rings (SSSR count). The van der Waals surface area contributed by atoms with Gasteiger partial charge in [-0.25, -0.2) is 0 Å². The molecule has 1 aliphatic heterocycles. The summed E-state index contributed by atoms with van der Waals surface area (Å²) in [6.45, 7) is 4.23. The molecule has 1 aliphatic carbocycles. The first-order valence-corrected chi connectivity index (χ1v) is 9.48. The van der Waals surface area contributed by atoms with Crippen LogP contribution in [0.2, 0.25) is 0 Å². The van der Waals surface area contributed by atoms with Crippen LogP contribution >= 0.6 is 11.8 Å². The van der Waals surface area contributed by atoms with Crippen molar-refractivity contribution in [3.8, 4) is 0 Å². The van der Waals surface area contributed by atoms with Crippen molar-refractivity contribution < 1.29 is 9.59 Å². The van der Waals surface area contributed by atoms with Crippen LogP contribution in [0.25, 0.3) is 0 Å². The van der Waals surface area contributed by atoms with E-state index in [1.807, 2.05) is 11.8 Å². The van der Waals surface area contributed by atoms with E-state index in [2.05, 4.69) is 19.2 Å². The van der Waals surface area contributed by atoms with Crippen molar-refractivity contribution in [1.29, 1.82) is 0 Å². The zero-order valence-corrected chi connectivity index (χ0v) is 14.1. The van der Waals surface area contributed by atoms with Gasteiger partial charge in [-0.2, -0.15) is 11.8 Å². The number of carbonyl (C=O) groups excluding carboxylic acids is 2. The molecule has 21 heavy (non-hydrogen) atoms. The molecule has 0 aromatic heterocycles. The van der Waals surface area contributed by atoms with E-state index in [9.17, 15) is 9.59 Å². The molecule has 2 amide bonds. The summed E-state index contributed by atoms with van der Waals surface area (Å²) in [6, 6.07) is 0.124. The van der Waals surface area contributed by atoms with Gasteiger partial charge < -0.3 is 5.32 Å². The quantitative estimate of drug-likeness (QED) is 0.605. The molecule has 4 nitrogen and oxygen atoms in total. The van der Waals surface area contributed by atoms with E-state index in [1.165, 1.54) is 12.8 Å². The molecule has 0 radical (unpaired) electrons. The van der Waals surface area contributed by atoms with Crippen LogP contribution in [0.5, 0.6) is 0 Å². The Bertz CT molecular complexity index is 367. The lowest BCUT2D eigenvalue weighted by Crippen LogP contribution is -2.46. The number of likely N-dealkylation sites (tertiary alicyclic amines) is 1. The average molecular weight is 312 g/mol.